The quantitative estimate of drug-likeness (QED) is 0.857. The molecule has 2 aromatic rings. The Labute approximate surface area is 143 Å². The molecule has 0 unspecified atom stereocenters. The molecule has 0 atom stereocenters. The van der Waals surface area contributed by atoms with E-state index in [1.54, 1.807) is 40.7 Å². The number of rotatable bonds is 2. The van der Waals surface area contributed by atoms with Crippen LogP contribution in [-0.2, 0) is 9.84 Å². The van der Waals surface area contributed by atoms with Crippen molar-refractivity contribution in [2.24, 2.45) is 0 Å². The molecule has 4 nitrogen and oxygen atoms in total. The molecular weight excluding hydrogens is 324 g/mol. The normalized spacial score (nSPS) is 11.8. The molecule has 0 bridgehead atoms. The lowest BCUT2D eigenvalue weighted by atomic mass is 9.98. The minimum atomic E-state index is -3.97. The average molecular weight is 348 g/mol. The second-order valence-corrected chi connectivity index (χ2v) is 8.32. The van der Waals surface area contributed by atoms with Crippen LogP contribution in [0.3, 0.4) is 0 Å². The summed E-state index contributed by atoms with van der Waals surface area (Å²) in [6.07, 6.45) is 0. The average Bonchev–Trinajstić information content (AvgIpc) is 2.48. The van der Waals surface area contributed by atoms with Crippen LogP contribution in [0, 0.1) is 48.5 Å². The predicted octanol–water partition coefficient (Wildman–Crippen LogP) is 4.09. The molecule has 0 heterocycles. The van der Waals surface area contributed by atoms with Crippen molar-refractivity contribution >= 4 is 9.84 Å². The van der Waals surface area contributed by atoms with E-state index in [2.05, 4.69) is 0 Å². The molecule has 130 valence electrons. The van der Waals surface area contributed by atoms with E-state index >= 15 is 0 Å². The summed E-state index contributed by atoms with van der Waals surface area (Å²) >= 11 is 0. The van der Waals surface area contributed by atoms with Gasteiger partial charge in [-0.3, -0.25) is 0 Å². The summed E-state index contributed by atoms with van der Waals surface area (Å²) in [5, 5.41) is 20.7. The standard InChI is InChI=1S/C19H24O4S/c1-9-8-10(2)18(15(7)16(9)20)24(22,23)19-14(6)12(4)11(3)13(5)17(19)21/h8,20-21H,1-7H3. The summed E-state index contributed by atoms with van der Waals surface area (Å²) in [6.45, 7) is 12.1. The highest BCUT2D eigenvalue weighted by molar-refractivity contribution is 7.91. The molecule has 0 aromatic heterocycles. The van der Waals surface area contributed by atoms with Crippen LogP contribution in [0.15, 0.2) is 15.9 Å². The van der Waals surface area contributed by atoms with Crippen LogP contribution in [0.2, 0.25) is 0 Å². The molecule has 0 aliphatic rings. The number of phenolic OH excluding ortho intramolecular Hbond substituents is 2. The van der Waals surface area contributed by atoms with Crippen molar-refractivity contribution in [1.82, 2.24) is 0 Å². The zero-order valence-corrected chi connectivity index (χ0v) is 16.0. The van der Waals surface area contributed by atoms with E-state index in [1.165, 1.54) is 0 Å². The summed E-state index contributed by atoms with van der Waals surface area (Å²) < 4.78 is 26.7. The molecule has 0 spiro atoms. The van der Waals surface area contributed by atoms with Gasteiger partial charge in [-0.25, -0.2) is 8.42 Å². The van der Waals surface area contributed by atoms with Crippen molar-refractivity contribution in [2.75, 3.05) is 0 Å². The van der Waals surface area contributed by atoms with E-state index in [1.807, 2.05) is 13.8 Å². The van der Waals surface area contributed by atoms with Crippen LogP contribution < -0.4 is 0 Å². The summed E-state index contributed by atoms with van der Waals surface area (Å²) in [4.78, 5) is -0.00999. The lowest BCUT2D eigenvalue weighted by Crippen LogP contribution is -2.11. The SMILES string of the molecule is Cc1cc(C)c(S(=O)(=O)c2c(C)c(C)c(C)c(C)c2O)c(C)c1O. The summed E-state index contributed by atoms with van der Waals surface area (Å²) in [5.41, 5.74) is 4.30. The first kappa shape index (κ1) is 18.3. The van der Waals surface area contributed by atoms with Gasteiger partial charge in [-0.2, -0.15) is 0 Å². The topological polar surface area (TPSA) is 74.6 Å². The number of hydrogen-bond donors (Lipinski definition) is 2. The molecule has 0 fully saturated rings. The molecule has 0 saturated heterocycles. The number of benzene rings is 2. The molecule has 0 saturated carbocycles. The zero-order valence-electron chi connectivity index (χ0n) is 15.2. The van der Waals surface area contributed by atoms with Crippen LogP contribution in [0.1, 0.15) is 38.9 Å². The van der Waals surface area contributed by atoms with Crippen LogP contribution in [0.25, 0.3) is 0 Å². The molecule has 2 N–H and O–H groups in total. The molecule has 24 heavy (non-hydrogen) atoms. The minimum absolute atomic E-state index is 0.0307. The number of sulfone groups is 1. The van der Waals surface area contributed by atoms with Crippen LogP contribution >= 0.6 is 0 Å². The Hall–Kier alpha value is -2.01. The fraction of sp³-hybridized carbons (Fsp3) is 0.368. The molecule has 0 radical (unpaired) electrons. The van der Waals surface area contributed by atoms with Crippen molar-refractivity contribution in [1.29, 1.82) is 0 Å². The summed E-state index contributed by atoms with van der Waals surface area (Å²) in [7, 11) is -3.97. The van der Waals surface area contributed by atoms with E-state index in [4.69, 9.17) is 0 Å². The monoisotopic (exact) mass is 348 g/mol. The van der Waals surface area contributed by atoms with E-state index < -0.39 is 9.84 Å². The lowest BCUT2D eigenvalue weighted by molar-refractivity contribution is 0.451. The summed E-state index contributed by atoms with van der Waals surface area (Å²) in [5.74, 6) is -0.244. The van der Waals surface area contributed by atoms with Gasteiger partial charge in [0.2, 0.25) is 9.84 Å². The second-order valence-electron chi connectivity index (χ2n) is 6.49. The molecule has 0 aliphatic heterocycles. The second kappa shape index (κ2) is 5.81. The van der Waals surface area contributed by atoms with Crippen molar-refractivity contribution in [3.63, 3.8) is 0 Å². The lowest BCUT2D eigenvalue weighted by Gasteiger charge is -2.20. The van der Waals surface area contributed by atoms with Gasteiger partial charge in [-0.05, 0) is 81.8 Å². The Bertz CT molecular complexity index is 925. The van der Waals surface area contributed by atoms with Crippen molar-refractivity contribution in [3.05, 3.63) is 45.0 Å². The third-order valence-electron chi connectivity index (χ3n) is 5.00. The Balaban J connectivity index is 2.97. The van der Waals surface area contributed by atoms with Gasteiger partial charge >= 0.3 is 0 Å². The first-order valence-corrected chi connectivity index (χ1v) is 9.25. The fourth-order valence-electron chi connectivity index (χ4n) is 3.26. The molecule has 2 rings (SSSR count). The molecule has 0 amide bonds. The summed E-state index contributed by atoms with van der Waals surface area (Å²) in [6, 6.07) is 1.65. The molecule has 5 heteroatoms. The Morgan fingerprint density at radius 3 is 1.67 bits per heavy atom. The van der Waals surface area contributed by atoms with Gasteiger partial charge in [0, 0.05) is 5.56 Å². The highest BCUT2D eigenvalue weighted by Gasteiger charge is 2.31. The smallest absolute Gasteiger partial charge is 0.211 e. The Morgan fingerprint density at radius 1 is 0.625 bits per heavy atom. The maximum atomic E-state index is 13.3. The third kappa shape index (κ3) is 2.47. The number of phenols is 2. The maximum Gasteiger partial charge on any atom is 0.211 e. The number of aryl methyl sites for hydroxylation is 2. The predicted molar refractivity (Wildman–Crippen MR) is 94.8 cm³/mol. The van der Waals surface area contributed by atoms with Crippen LogP contribution in [-0.4, -0.2) is 18.6 Å². The third-order valence-corrected chi connectivity index (χ3v) is 7.20. The van der Waals surface area contributed by atoms with Gasteiger partial charge in [-0.1, -0.05) is 6.07 Å². The van der Waals surface area contributed by atoms with Gasteiger partial charge in [-0.15, -0.1) is 0 Å². The zero-order chi connectivity index (χ0) is 18.6. The van der Waals surface area contributed by atoms with Crippen molar-refractivity contribution in [3.8, 4) is 11.5 Å². The fourth-order valence-corrected chi connectivity index (χ4v) is 5.41. The van der Waals surface area contributed by atoms with E-state index in [-0.39, 0.29) is 21.3 Å². The van der Waals surface area contributed by atoms with E-state index in [9.17, 15) is 18.6 Å². The maximum absolute atomic E-state index is 13.3. The van der Waals surface area contributed by atoms with Crippen molar-refractivity contribution in [2.45, 2.75) is 58.3 Å². The van der Waals surface area contributed by atoms with Crippen molar-refractivity contribution < 1.29 is 18.6 Å². The van der Waals surface area contributed by atoms with Gasteiger partial charge in [0.05, 0.1) is 4.90 Å². The number of hydrogen-bond acceptors (Lipinski definition) is 4. The van der Waals surface area contributed by atoms with E-state index in [0.717, 1.165) is 11.1 Å². The van der Waals surface area contributed by atoms with Gasteiger partial charge in [0.25, 0.3) is 0 Å². The Morgan fingerprint density at radius 2 is 1.12 bits per heavy atom. The van der Waals surface area contributed by atoms with Gasteiger partial charge < -0.3 is 10.2 Å². The largest absolute Gasteiger partial charge is 0.507 e. The van der Waals surface area contributed by atoms with Gasteiger partial charge in [0.15, 0.2) is 0 Å². The first-order chi connectivity index (χ1) is 10.9. The Kier molecular flexibility index (Phi) is 4.44. The molecule has 2 aromatic carbocycles. The molecule has 0 aliphatic carbocycles. The first-order valence-electron chi connectivity index (χ1n) is 7.77. The van der Waals surface area contributed by atoms with Crippen LogP contribution in [0.4, 0.5) is 0 Å². The molecular formula is C19H24O4S. The highest BCUT2D eigenvalue weighted by Crippen LogP contribution is 2.41. The highest BCUT2D eigenvalue weighted by atomic mass is 32.2. The number of aromatic hydroxyl groups is 2. The minimum Gasteiger partial charge on any atom is -0.507 e. The van der Waals surface area contributed by atoms with Gasteiger partial charge in [0.1, 0.15) is 16.4 Å². The van der Waals surface area contributed by atoms with Crippen LogP contribution in [0.5, 0.6) is 11.5 Å². The van der Waals surface area contributed by atoms with E-state index in [0.29, 0.717) is 27.8 Å².